The van der Waals surface area contributed by atoms with Crippen LogP contribution in [0.25, 0.3) is 10.9 Å². The molecule has 3 N–H and O–H groups in total. The van der Waals surface area contributed by atoms with Crippen LogP contribution in [0.4, 0.5) is 15.3 Å². The molecule has 9 heteroatoms. The molecule has 166 valence electrons. The van der Waals surface area contributed by atoms with E-state index in [9.17, 15) is 14.7 Å². The number of fused-ring (bicyclic) bond motifs is 2. The first kappa shape index (κ1) is 20.3. The van der Waals surface area contributed by atoms with Gasteiger partial charge in [0.25, 0.3) is 0 Å². The summed E-state index contributed by atoms with van der Waals surface area (Å²) in [6, 6.07) is 12.3. The minimum absolute atomic E-state index is 0.222. The number of anilines is 1. The van der Waals surface area contributed by atoms with Crippen LogP contribution in [-0.4, -0.2) is 45.8 Å². The van der Waals surface area contributed by atoms with Gasteiger partial charge >= 0.3 is 12.1 Å². The van der Waals surface area contributed by atoms with Gasteiger partial charge in [0.05, 0.1) is 36.2 Å². The summed E-state index contributed by atoms with van der Waals surface area (Å²) in [6.45, 7) is 2.99. The van der Waals surface area contributed by atoms with Crippen LogP contribution < -0.4 is 15.4 Å². The van der Waals surface area contributed by atoms with Gasteiger partial charge in [-0.3, -0.25) is 0 Å². The SMILES string of the molecule is Cc1nn(C(=O)O)c2cccc(NC(=O)NC3CC4(CCOCC4)Oc4ccccc43)c12. The second kappa shape index (κ2) is 7.83. The molecule has 2 aliphatic rings. The highest BCUT2D eigenvalue weighted by atomic mass is 16.5. The number of ether oxygens (including phenoxy) is 2. The highest BCUT2D eigenvalue weighted by Gasteiger charge is 2.42. The Morgan fingerprint density at radius 2 is 1.94 bits per heavy atom. The number of nitrogens with zero attached hydrogens (tertiary/aromatic N) is 2. The second-order valence-corrected chi connectivity index (χ2v) is 8.27. The van der Waals surface area contributed by atoms with Crippen LogP contribution in [0.3, 0.4) is 0 Å². The summed E-state index contributed by atoms with van der Waals surface area (Å²) < 4.78 is 12.8. The molecule has 3 heterocycles. The molecule has 1 spiro atoms. The van der Waals surface area contributed by atoms with Crippen molar-refractivity contribution in [3.8, 4) is 5.75 Å². The number of amides is 2. The van der Waals surface area contributed by atoms with E-state index >= 15 is 0 Å². The number of aromatic nitrogens is 2. The van der Waals surface area contributed by atoms with Gasteiger partial charge in [0.2, 0.25) is 0 Å². The molecule has 2 amide bonds. The topological polar surface area (TPSA) is 115 Å². The summed E-state index contributed by atoms with van der Waals surface area (Å²) in [6.07, 6.45) is 1.02. The van der Waals surface area contributed by atoms with E-state index in [0.29, 0.717) is 41.9 Å². The summed E-state index contributed by atoms with van der Waals surface area (Å²) >= 11 is 0. The van der Waals surface area contributed by atoms with Crippen molar-refractivity contribution in [1.82, 2.24) is 15.1 Å². The predicted octanol–water partition coefficient (Wildman–Crippen LogP) is 4.07. The highest BCUT2D eigenvalue weighted by Crippen LogP contribution is 2.44. The third kappa shape index (κ3) is 3.54. The summed E-state index contributed by atoms with van der Waals surface area (Å²) in [5.41, 5.74) is 2.03. The molecule has 32 heavy (non-hydrogen) atoms. The number of hydrogen-bond acceptors (Lipinski definition) is 5. The van der Waals surface area contributed by atoms with Gasteiger partial charge in [-0.1, -0.05) is 24.3 Å². The number of aryl methyl sites for hydroxylation is 1. The molecule has 9 nitrogen and oxygen atoms in total. The Labute approximate surface area is 184 Å². The molecule has 0 saturated carbocycles. The lowest BCUT2D eigenvalue weighted by Crippen LogP contribution is -2.49. The number of nitrogens with one attached hydrogen (secondary N) is 2. The first-order valence-electron chi connectivity index (χ1n) is 10.6. The minimum atomic E-state index is -1.18. The third-order valence-corrected chi connectivity index (χ3v) is 6.22. The molecule has 1 fully saturated rings. The van der Waals surface area contributed by atoms with Crippen molar-refractivity contribution in [3.63, 3.8) is 0 Å². The average molecular weight is 436 g/mol. The lowest BCUT2D eigenvalue weighted by Gasteiger charge is -2.44. The molecular formula is C23H24N4O5. The minimum Gasteiger partial charge on any atom is -0.487 e. The van der Waals surface area contributed by atoms with E-state index in [1.165, 1.54) is 0 Å². The normalized spacial score (nSPS) is 19.2. The molecular weight excluding hydrogens is 412 g/mol. The number of para-hydroxylation sites is 1. The monoisotopic (exact) mass is 436 g/mol. The zero-order valence-corrected chi connectivity index (χ0v) is 17.6. The summed E-state index contributed by atoms with van der Waals surface area (Å²) in [4.78, 5) is 24.5. The van der Waals surface area contributed by atoms with E-state index in [-0.39, 0.29) is 17.7 Å². The molecule has 1 atom stereocenters. The number of carbonyl (C=O) groups is 2. The largest absolute Gasteiger partial charge is 0.487 e. The summed E-state index contributed by atoms with van der Waals surface area (Å²) in [5.74, 6) is 0.784. The van der Waals surface area contributed by atoms with Gasteiger partial charge in [-0.05, 0) is 25.1 Å². The first-order chi connectivity index (χ1) is 15.5. The molecule has 2 aliphatic heterocycles. The van der Waals surface area contributed by atoms with Gasteiger partial charge < -0.3 is 25.2 Å². The van der Waals surface area contributed by atoms with Crippen molar-refractivity contribution in [2.24, 2.45) is 0 Å². The van der Waals surface area contributed by atoms with Crippen molar-refractivity contribution in [1.29, 1.82) is 0 Å². The van der Waals surface area contributed by atoms with Gasteiger partial charge in [0, 0.05) is 30.2 Å². The van der Waals surface area contributed by atoms with Crippen LogP contribution in [0.5, 0.6) is 5.75 Å². The van der Waals surface area contributed by atoms with E-state index in [2.05, 4.69) is 15.7 Å². The highest BCUT2D eigenvalue weighted by molar-refractivity contribution is 6.03. The van der Waals surface area contributed by atoms with Gasteiger partial charge in [-0.15, -0.1) is 0 Å². The predicted molar refractivity (Wildman–Crippen MR) is 117 cm³/mol. The summed E-state index contributed by atoms with van der Waals surface area (Å²) in [5, 5.41) is 20.0. The maximum Gasteiger partial charge on any atom is 0.432 e. The zero-order valence-electron chi connectivity index (χ0n) is 17.6. The fraction of sp³-hybridized carbons (Fsp3) is 0.348. The Morgan fingerprint density at radius 3 is 2.72 bits per heavy atom. The lowest BCUT2D eigenvalue weighted by atomic mass is 9.82. The standard InChI is InChI=1S/C23H24N4O5/c1-14-20-16(6-4-7-18(20)27(26-14)22(29)30)24-21(28)25-17-13-23(9-11-31-12-10-23)32-19-8-3-2-5-15(17)19/h2-8,17H,9-13H2,1H3,(H,29,30)(H2,24,25,28). The van der Waals surface area contributed by atoms with Crippen molar-refractivity contribution in [2.75, 3.05) is 18.5 Å². The van der Waals surface area contributed by atoms with E-state index in [1.807, 2.05) is 24.3 Å². The Balaban J connectivity index is 1.41. The van der Waals surface area contributed by atoms with Crippen LogP contribution in [0, 0.1) is 6.92 Å². The van der Waals surface area contributed by atoms with Crippen molar-refractivity contribution < 1.29 is 24.2 Å². The molecule has 3 aromatic rings. The Bertz CT molecular complexity index is 1200. The fourth-order valence-electron chi connectivity index (χ4n) is 4.71. The quantitative estimate of drug-likeness (QED) is 0.558. The number of hydrogen-bond donors (Lipinski definition) is 3. The maximum atomic E-state index is 13.0. The molecule has 5 rings (SSSR count). The third-order valence-electron chi connectivity index (χ3n) is 6.22. The van der Waals surface area contributed by atoms with Crippen LogP contribution in [0.15, 0.2) is 42.5 Å². The number of carboxylic acid groups (broad SMARTS) is 1. The van der Waals surface area contributed by atoms with Crippen LogP contribution in [-0.2, 0) is 4.74 Å². The van der Waals surface area contributed by atoms with Crippen molar-refractivity contribution >= 4 is 28.7 Å². The van der Waals surface area contributed by atoms with Gasteiger partial charge in [0.1, 0.15) is 11.4 Å². The lowest BCUT2D eigenvalue weighted by molar-refractivity contribution is -0.0636. The number of carbonyl (C=O) groups excluding carboxylic acids is 1. The zero-order chi connectivity index (χ0) is 22.3. The summed E-state index contributed by atoms with van der Waals surface area (Å²) in [7, 11) is 0. The Hall–Kier alpha value is -3.59. The first-order valence-corrected chi connectivity index (χ1v) is 10.6. The molecule has 1 aromatic heterocycles. The van der Waals surface area contributed by atoms with E-state index in [0.717, 1.165) is 28.8 Å². The van der Waals surface area contributed by atoms with Gasteiger partial charge in [-0.25, -0.2) is 9.59 Å². The van der Waals surface area contributed by atoms with E-state index in [4.69, 9.17) is 9.47 Å². The number of benzene rings is 2. The van der Waals surface area contributed by atoms with Crippen molar-refractivity contribution in [3.05, 3.63) is 53.7 Å². The van der Waals surface area contributed by atoms with Crippen LogP contribution in [0.2, 0.25) is 0 Å². The molecule has 0 bridgehead atoms. The van der Waals surface area contributed by atoms with Crippen LogP contribution in [0.1, 0.15) is 36.6 Å². The Kier molecular flexibility index (Phi) is 4.97. The second-order valence-electron chi connectivity index (χ2n) is 8.27. The van der Waals surface area contributed by atoms with Crippen LogP contribution >= 0.6 is 0 Å². The molecule has 0 radical (unpaired) electrons. The smallest absolute Gasteiger partial charge is 0.432 e. The molecule has 1 unspecified atom stereocenters. The number of rotatable bonds is 2. The molecule has 2 aromatic carbocycles. The number of urea groups is 1. The maximum absolute atomic E-state index is 13.0. The molecule has 1 saturated heterocycles. The Morgan fingerprint density at radius 1 is 1.16 bits per heavy atom. The van der Waals surface area contributed by atoms with E-state index < -0.39 is 6.09 Å². The molecule has 0 aliphatic carbocycles. The average Bonchev–Trinajstić information content (AvgIpc) is 3.12. The van der Waals surface area contributed by atoms with Crippen molar-refractivity contribution in [2.45, 2.75) is 37.8 Å². The fourth-order valence-corrected chi connectivity index (χ4v) is 4.71. The van der Waals surface area contributed by atoms with Gasteiger partial charge in [0.15, 0.2) is 0 Å². The van der Waals surface area contributed by atoms with Gasteiger partial charge in [-0.2, -0.15) is 9.78 Å². The van der Waals surface area contributed by atoms with E-state index in [1.54, 1.807) is 25.1 Å².